The van der Waals surface area contributed by atoms with Crippen LogP contribution in [-0.4, -0.2) is 24.8 Å². The zero-order valence-corrected chi connectivity index (χ0v) is 10.4. The van der Waals surface area contributed by atoms with Crippen LogP contribution in [0.25, 0.3) is 10.8 Å². The van der Waals surface area contributed by atoms with Gasteiger partial charge >= 0.3 is 0 Å². The predicted octanol–water partition coefficient (Wildman–Crippen LogP) is 3.32. The minimum atomic E-state index is 0.833. The van der Waals surface area contributed by atoms with Crippen LogP contribution in [0.5, 0.6) is 0 Å². The van der Waals surface area contributed by atoms with E-state index in [0.717, 1.165) is 13.1 Å². The molecule has 2 nitrogen and oxygen atoms in total. The molecule has 0 aliphatic heterocycles. The maximum Gasteiger partial charge on any atom is 0.0850 e. The molecule has 0 radical (unpaired) electrons. The standard InChI is InChI=1S/C15H18N2/c1-3-16-12-17(2)11-14-9-6-8-13-7-4-5-10-15(13)14/h4-10,12H,3,11H2,1-2H3. The third-order valence-electron chi connectivity index (χ3n) is 2.76. The van der Waals surface area contributed by atoms with Crippen LogP contribution in [-0.2, 0) is 6.54 Å². The average Bonchev–Trinajstić information content (AvgIpc) is 2.37. The minimum absolute atomic E-state index is 0.833. The molecule has 0 unspecified atom stereocenters. The van der Waals surface area contributed by atoms with Gasteiger partial charge in [0.05, 0.1) is 6.34 Å². The molecule has 2 aromatic rings. The predicted molar refractivity (Wildman–Crippen MR) is 74.4 cm³/mol. The van der Waals surface area contributed by atoms with Gasteiger partial charge in [-0.05, 0) is 23.3 Å². The first-order chi connectivity index (χ1) is 8.31. The highest BCUT2D eigenvalue weighted by Crippen LogP contribution is 2.19. The number of hydrogen-bond donors (Lipinski definition) is 0. The van der Waals surface area contributed by atoms with E-state index in [2.05, 4.69) is 59.4 Å². The highest BCUT2D eigenvalue weighted by atomic mass is 15.1. The summed E-state index contributed by atoms with van der Waals surface area (Å²) in [6, 6.07) is 14.9. The maximum absolute atomic E-state index is 4.25. The summed E-state index contributed by atoms with van der Waals surface area (Å²) in [6.07, 6.45) is 1.90. The quantitative estimate of drug-likeness (QED) is 0.577. The Morgan fingerprint density at radius 2 is 1.88 bits per heavy atom. The summed E-state index contributed by atoms with van der Waals surface area (Å²) in [6.45, 7) is 3.77. The van der Waals surface area contributed by atoms with Crippen molar-refractivity contribution < 1.29 is 0 Å². The zero-order valence-electron chi connectivity index (χ0n) is 10.4. The van der Waals surface area contributed by atoms with Gasteiger partial charge in [-0.25, -0.2) is 0 Å². The molecule has 0 aliphatic rings. The number of aliphatic imine (C=N–C) groups is 1. The molecule has 2 rings (SSSR count). The molecule has 0 amide bonds. The van der Waals surface area contributed by atoms with Crippen molar-refractivity contribution in [3.8, 4) is 0 Å². The fraction of sp³-hybridized carbons (Fsp3) is 0.267. The molecule has 0 spiro atoms. The van der Waals surface area contributed by atoms with E-state index in [4.69, 9.17) is 0 Å². The van der Waals surface area contributed by atoms with Crippen molar-refractivity contribution in [2.45, 2.75) is 13.5 Å². The monoisotopic (exact) mass is 226 g/mol. The van der Waals surface area contributed by atoms with Gasteiger partial charge in [0.1, 0.15) is 0 Å². The van der Waals surface area contributed by atoms with E-state index in [1.807, 2.05) is 13.3 Å². The second kappa shape index (κ2) is 5.48. The van der Waals surface area contributed by atoms with Crippen molar-refractivity contribution in [3.63, 3.8) is 0 Å². The molecule has 0 aromatic heterocycles. The van der Waals surface area contributed by atoms with Crippen LogP contribution in [0.15, 0.2) is 47.5 Å². The molecule has 0 saturated heterocycles. The van der Waals surface area contributed by atoms with Gasteiger partial charge < -0.3 is 4.90 Å². The fourth-order valence-electron chi connectivity index (χ4n) is 1.96. The lowest BCUT2D eigenvalue weighted by molar-refractivity contribution is 0.516. The largest absolute Gasteiger partial charge is 0.362 e. The topological polar surface area (TPSA) is 15.6 Å². The molecule has 0 fully saturated rings. The highest BCUT2D eigenvalue weighted by molar-refractivity contribution is 5.85. The lowest BCUT2D eigenvalue weighted by Crippen LogP contribution is -2.15. The number of hydrogen-bond acceptors (Lipinski definition) is 1. The van der Waals surface area contributed by atoms with Crippen molar-refractivity contribution >= 4 is 17.1 Å². The Morgan fingerprint density at radius 1 is 1.12 bits per heavy atom. The van der Waals surface area contributed by atoms with Gasteiger partial charge in [-0.3, -0.25) is 4.99 Å². The zero-order chi connectivity index (χ0) is 12.1. The normalized spacial score (nSPS) is 11.2. The molecule has 2 aromatic carbocycles. The van der Waals surface area contributed by atoms with Crippen LogP contribution in [0.2, 0.25) is 0 Å². The molecule has 0 N–H and O–H groups in total. The molecular formula is C15H18N2. The van der Waals surface area contributed by atoms with Crippen LogP contribution in [0.1, 0.15) is 12.5 Å². The van der Waals surface area contributed by atoms with E-state index in [-0.39, 0.29) is 0 Å². The summed E-state index contributed by atoms with van der Waals surface area (Å²) < 4.78 is 0. The van der Waals surface area contributed by atoms with Gasteiger partial charge in [0, 0.05) is 20.1 Å². The van der Waals surface area contributed by atoms with Gasteiger partial charge in [0.15, 0.2) is 0 Å². The van der Waals surface area contributed by atoms with E-state index < -0.39 is 0 Å². The molecule has 0 atom stereocenters. The van der Waals surface area contributed by atoms with Gasteiger partial charge in [0.25, 0.3) is 0 Å². The van der Waals surface area contributed by atoms with Crippen LogP contribution in [0, 0.1) is 0 Å². The van der Waals surface area contributed by atoms with Crippen LogP contribution in [0.3, 0.4) is 0 Å². The Kier molecular flexibility index (Phi) is 3.76. The molecular weight excluding hydrogens is 208 g/mol. The number of fused-ring (bicyclic) bond motifs is 1. The Labute approximate surface area is 103 Å². The van der Waals surface area contributed by atoms with Crippen molar-refractivity contribution in [2.24, 2.45) is 4.99 Å². The SMILES string of the molecule is CCN=CN(C)Cc1cccc2ccccc12. The highest BCUT2D eigenvalue weighted by Gasteiger charge is 2.01. The first-order valence-electron chi connectivity index (χ1n) is 5.98. The first kappa shape index (κ1) is 11.6. The second-order valence-electron chi connectivity index (χ2n) is 4.17. The Bertz CT molecular complexity index is 512. The van der Waals surface area contributed by atoms with E-state index in [0.29, 0.717) is 0 Å². The van der Waals surface area contributed by atoms with Crippen molar-refractivity contribution in [1.82, 2.24) is 4.90 Å². The second-order valence-corrected chi connectivity index (χ2v) is 4.17. The van der Waals surface area contributed by atoms with Crippen LogP contribution < -0.4 is 0 Å². The lowest BCUT2D eigenvalue weighted by atomic mass is 10.0. The van der Waals surface area contributed by atoms with E-state index in [1.165, 1.54) is 16.3 Å². The molecule has 0 saturated carbocycles. The van der Waals surface area contributed by atoms with Gasteiger partial charge in [-0.15, -0.1) is 0 Å². The molecule has 17 heavy (non-hydrogen) atoms. The van der Waals surface area contributed by atoms with E-state index in [9.17, 15) is 0 Å². The Balaban J connectivity index is 2.26. The summed E-state index contributed by atoms with van der Waals surface area (Å²) in [7, 11) is 2.06. The molecule has 0 bridgehead atoms. The van der Waals surface area contributed by atoms with Crippen molar-refractivity contribution in [1.29, 1.82) is 0 Å². The first-order valence-corrected chi connectivity index (χ1v) is 5.98. The van der Waals surface area contributed by atoms with E-state index >= 15 is 0 Å². The lowest BCUT2D eigenvalue weighted by Gasteiger charge is -2.14. The minimum Gasteiger partial charge on any atom is -0.362 e. The summed E-state index contributed by atoms with van der Waals surface area (Å²) in [5.41, 5.74) is 1.34. The summed E-state index contributed by atoms with van der Waals surface area (Å²) >= 11 is 0. The third kappa shape index (κ3) is 2.84. The van der Waals surface area contributed by atoms with Crippen molar-refractivity contribution in [2.75, 3.05) is 13.6 Å². The fourth-order valence-corrected chi connectivity index (χ4v) is 1.96. The Morgan fingerprint density at radius 3 is 2.71 bits per heavy atom. The summed E-state index contributed by atoms with van der Waals surface area (Å²) in [5, 5.41) is 2.62. The molecule has 0 aliphatic carbocycles. The van der Waals surface area contributed by atoms with Crippen molar-refractivity contribution in [3.05, 3.63) is 48.0 Å². The third-order valence-corrected chi connectivity index (χ3v) is 2.76. The van der Waals surface area contributed by atoms with Crippen LogP contribution >= 0.6 is 0 Å². The summed E-state index contributed by atoms with van der Waals surface area (Å²) in [5.74, 6) is 0. The molecule has 2 heteroatoms. The Hall–Kier alpha value is -1.83. The number of benzene rings is 2. The smallest absolute Gasteiger partial charge is 0.0850 e. The molecule has 88 valence electrons. The average molecular weight is 226 g/mol. The number of rotatable bonds is 4. The van der Waals surface area contributed by atoms with E-state index in [1.54, 1.807) is 0 Å². The van der Waals surface area contributed by atoms with Gasteiger partial charge in [0.2, 0.25) is 0 Å². The maximum atomic E-state index is 4.25. The van der Waals surface area contributed by atoms with Gasteiger partial charge in [-0.2, -0.15) is 0 Å². The number of nitrogens with zero attached hydrogens (tertiary/aromatic N) is 2. The summed E-state index contributed by atoms with van der Waals surface area (Å²) in [4.78, 5) is 6.37. The van der Waals surface area contributed by atoms with Crippen LogP contribution in [0.4, 0.5) is 0 Å². The molecule has 0 heterocycles. The van der Waals surface area contributed by atoms with Gasteiger partial charge in [-0.1, -0.05) is 42.5 Å².